The summed E-state index contributed by atoms with van der Waals surface area (Å²) < 4.78 is 10.6. The standard InChI is InChI=1S/C28H42N4O8/c1-28(2,3)39-27(37)32-17-13-20(14-18-32)9-10-23(33)31-16-12-24(34)30-15-11-22(26(36)40-29)25(35)38-19-21-7-5-4-6-8-21/h4-8,20,22H,9-19,29H2,1-3H3,(H,30,34)(H,31,33)/t22-/m0/s1. The second-order valence-electron chi connectivity index (χ2n) is 10.8. The van der Waals surface area contributed by atoms with Crippen molar-refractivity contribution in [1.29, 1.82) is 0 Å². The first-order valence-corrected chi connectivity index (χ1v) is 13.6. The number of esters is 1. The number of piperidine rings is 1. The van der Waals surface area contributed by atoms with Crippen LogP contribution in [-0.2, 0) is 40.1 Å². The number of hydrogen-bond acceptors (Lipinski definition) is 9. The number of ether oxygens (including phenoxy) is 2. The number of benzene rings is 1. The Morgan fingerprint density at radius 1 is 0.950 bits per heavy atom. The van der Waals surface area contributed by atoms with Crippen molar-refractivity contribution >= 4 is 29.8 Å². The highest BCUT2D eigenvalue weighted by Gasteiger charge is 2.30. The van der Waals surface area contributed by atoms with Crippen molar-refractivity contribution in [3.05, 3.63) is 35.9 Å². The maximum Gasteiger partial charge on any atom is 0.410 e. The molecular formula is C28H42N4O8. The molecule has 1 aliphatic rings. The van der Waals surface area contributed by atoms with Gasteiger partial charge in [0.15, 0.2) is 5.92 Å². The Morgan fingerprint density at radius 2 is 1.57 bits per heavy atom. The number of nitrogens with zero attached hydrogens (tertiary/aromatic N) is 1. The van der Waals surface area contributed by atoms with Crippen LogP contribution in [0.15, 0.2) is 30.3 Å². The number of carbonyl (C=O) groups is 5. The van der Waals surface area contributed by atoms with Crippen LogP contribution in [0.1, 0.15) is 64.9 Å². The van der Waals surface area contributed by atoms with E-state index in [-0.39, 0.29) is 50.4 Å². The molecule has 0 bridgehead atoms. The molecule has 0 aromatic heterocycles. The number of carbonyl (C=O) groups excluding carboxylic acids is 5. The van der Waals surface area contributed by atoms with E-state index in [4.69, 9.17) is 15.4 Å². The van der Waals surface area contributed by atoms with Gasteiger partial charge in [-0.2, -0.15) is 5.90 Å². The fourth-order valence-electron chi connectivity index (χ4n) is 4.16. The van der Waals surface area contributed by atoms with Gasteiger partial charge in [0.25, 0.3) is 0 Å². The van der Waals surface area contributed by atoms with Crippen LogP contribution in [0.25, 0.3) is 0 Å². The maximum atomic E-state index is 12.3. The molecule has 2 rings (SSSR count). The molecule has 1 aromatic carbocycles. The summed E-state index contributed by atoms with van der Waals surface area (Å²) in [6, 6.07) is 8.98. The Labute approximate surface area is 235 Å². The molecule has 1 saturated heterocycles. The summed E-state index contributed by atoms with van der Waals surface area (Å²) in [5, 5.41) is 5.35. The van der Waals surface area contributed by atoms with E-state index in [9.17, 15) is 24.0 Å². The van der Waals surface area contributed by atoms with E-state index in [1.54, 1.807) is 29.2 Å². The van der Waals surface area contributed by atoms with Gasteiger partial charge in [-0.1, -0.05) is 30.3 Å². The number of nitrogens with two attached hydrogens (primary N) is 1. The van der Waals surface area contributed by atoms with E-state index in [2.05, 4.69) is 15.5 Å². The highest BCUT2D eigenvalue weighted by Crippen LogP contribution is 2.23. The molecule has 0 radical (unpaired) electrons. The molecule has 1 heterocycles. The third kappa shape index (κ3) is 12.5. The monoisotopic (exact) mass is 562 g/mol. The Hall–Kier alpha value is -3.67. The van der Waals surface area contributed by atoms with Gasteiger partial charge in [-0.15, -0.1) is 0 Å². The zero-order valence-corrected chi connectivity index (χ0v) is 23.6. The predicted molar refractivity (Wildman–Crippen MR) is 145 cm³/mol. The quantitative estimate of drug-likeness (QED) is 0.186. The fraction of sp³-hybridized carbons (Fsp3) is 0.607. The van der Waals surface area contributed by atoms with Crippen LogP contribution in [0, 0.1) is 11.8 Å². The minimum absolute atomic E-state index is 0.00858. The van der Waals surface area contributed by atoms with Crippen LogP contribution in [-0.4, -0.2) is 66.5 Å². The van der Waals surface area contributed by atoms with Crippen LogP contribution in [0.3, 0.4) is 0 Å². The normalized spacial score (nSPS) is 14.6. The highest BCUT2D eigenvalue weighted by atomic mass is 16.7. The lowest BCUT2D eigenvalue weighted by molar-refractivity contribution is -0.163. The van der Waals surface area contributed by atoms with Gasteiger partial charge in [0.2, 0.25) is 11.8 Å². The van der Waals surface area contributed by atoms with Crippen LogP contribution in [0.5, 0.6) is 0 Å². The molecule has 1 fully saturated rings. The summed E-state index contributed by atoms with van der Waals surface area (Å²) in [6.45, 7) is 6.90. The zero-order chi connectivity index (χ0) is 29.5. The van der Waals surface area contributed by atoms with Gasteiger partial charge in [0.05, 0.1) is 0 Å². The Balaban J connectivity index is 1.60. The first-order valence-electron chi connectivity index (χ1n) is 13.6. The van der Waals surface area contributed by atoms with Gasteiger partial charge in [-0.25, -0.2) is 9.59 Å². The number of amides is 3. The lowest BCUT2D eigenvalue weighted by Crippen LogP contribution is -2.41. The van der Waals surface area contributed by atoms with Crippen molar-refractivity contribution < 1.29 is 38.3 Å². The Kier molecular flexibility index (Phi) is 13.4. The molecule has 0 unspecified atom stereocenters. The van der Waals surface area contributed by atoms with E-state index >= 15 is 0 Å². The molecule has 12 heteroatoms. The molecule has 0 saturated carbocycles. The second kappa shape index (κ2) is 16.4. The number of likely N-dealkylation sites (tertiary alicyclic amines) is 1. The second-order valence-corrected chi connectivity index (χ2v) is 10.8. The van der Waals surface area contributed by atoms with Crippen LogP contribution in [0.4, 0.5) is 4.79 Å². The molecule has 3 amide bonds. The first-order chi connectivity index (χ1) is 19.0. The van der Waals surface area contributed by atoms with Gasteiger partial charge in [0.1, 0.15) is 12.2 Å². The Bertz CT molecular complexity index is 988. The van der Waals surface area contributed by atoms with Crippen molar-refractivity contribution in [2.24, 2.45) is 17.7 Å². The summed E-state index contributed by atoms with van der Waals surface area (Å²) >= 11 is 0. The predicted octanol–water partition coefficient (Wildman–Crippen LogP) is 2.20. The molecule has 40 heavy (non-hydrogen) atoms. The molecular weight excluding hydrogens is 520 g/mol. The average molecular weight is 563 g/mol. The van der Waals surface area contributed by atoms with Crippen LogP contribution >= 0.6 is 0 Å². The number of rotatable bonds is 13. The van der Waals surface area contributed by atoms with E-state index < -0.39 is 23.5 Å². The summed E-state index contributed by atoms with van der Waals surface area (Å²) in [5.74, 6) is 1.79. The average Bonchev–Trinajstić information content (AvgIpc) is 2.92. The van der Waals surface area contributed by atoms with Crippen LogP contribution < -0.4 is 16.5 Å². The van der Waals surface area contributed by atoms with Gasteiger partial charge >= 0.3 is 18.0 Å². The van der Waals surface area contributed by atoms with Crippen molar-refractivity contribution in [2.45, 2.75) is 71.5 Å². The topological polar surface area (TPSA) is 166 Å². The number of hydrogen-bond donors (Lipinski definition) is 3. The molecule has 1 aliphatic heterocycles. The van der Waals surface area contributed by atoms with Crippen LogP contribution in [0.2, 0.25) is 0 Å². The Morgan fingerprint density at radius 3 is 2.20 bits per heavy atom. The van der Waals surface area contributed by atoms with Gasteiger partial charge in [0, 0.05) is 39.0 Å². The fourth-order valence-corrected chi connectivity index (χ4v) is 4.16. The van der Waals surface area contributed by atoms with Gasteiger partial charge in [-0.05, 0) is 57.9 Å². The molecule has 1 atom stereocenters. The summed E-state index contributed by atoms with van der Waals surface area (Å²) in [5.41, 5.74) is 0.232. The van der Waals surface area contributed by atoms with E-state index in [0.29, 0.717) is 31.8 Å². The third-order valence-corrected chi connectivity index (χ3v) is 6.38. The van der Waals surface area contributed by atoms with Gasteiger partial charge < -0.3 is 29.8 Å². The molecule has 4 N–H and O–H groups in total. The lowest BCUT2D eigenvalue weighted by atomic mass is 9.92. The molecule has 0 spiro atoms. The van der Waals surface area contributed by atoms with Crippen molar-refractivity contribution in [2.75, 3.05) is 26.2 Å². The smallest absolute Gasteiger partial charge is 0.410 e. The summed E-state index contributed by atoms with van der Waals surface area (Å²) in [7, 11) is 0. The minimum atomic E-state index is -1.27. The molecule has 1 aromatic rings. The van der Waals surface area contributed by atoms with E-state index in [1.165, 1.54) is 0 Å². The summed E-state index contributed by atoms with van der Waals surface area (Å²) in [4.78, 5) is 66.7. The maximum absolute atomic E-state index is 12.3. The largest absolute Gasteiger partial charge is 0.460 e. The molecule has 222 valence electrons. The highest BCUT2D eigenvalue weighted by molar-refractivity contribution is 5.94. The first kappa shape index (κ1) is 32.5. The minimum Gasteiger partial charge on any atom is -0.460 e. The van der Waals surface area contributed by atoms with Crippen molar-refractivity contribution in [3.8, 4) is 0 Å². The SMILES string of the molecule is CC(C)(C)OC(=O)N1CCC(CCC(=O)NCCC(=O)NCC[C@H](C(=O)ON)C(=O)OCc2ccccc2)CC1. The zero-order valence-electron chi connectivity index (χ0n) is 23.6. The van der Waals surface area contributed by atoms with Gasteiger partial charge in [-0.3, -0.25) is 14.4 Å². The summed E-state index contributed by atoms with van der Waals surface area (Å²) in [6.07, 6.45) is 2.37. The van der Waals surface area contributed by atoms with E-state index in [0.717, 1.165) is 18.4 Å². The van der Waals surface area contributed by atoms with Crippen molar-refractivity contribution in [1.82, 2.24) is 15.5 Å². The molecule has 0 aliphatic carbocycles. The number of nitrogens with one attached hydrogen (secondary N) is 2. The third-order valence-electron chi connectivity index (χ3n) is 6.38. The van der Waals surface area contributed by atoms with E-state index in [1.807, 2.05) is 26.8 Å². The van der Waals surface area contributed by atoms with Crippen molar-refractivity contribution in [3.63, 3.8) is 0 Å². The lowest BCUT2D eigenvalue weighted by Gasteiger charge is -2.33. The molecule has 12 nitrogen and oxygen atoms in total.